The van der Waals surface area contributed by atoms with Crippen LogP contribution in [0.4, 0.5) is 5.69 Å². The molecule has 13 heavy (non-hydrogen) atoms. The molecule has 0 atom stereocenters. The highest BCUT2D eigenvalue weighted by atomic mass is 35.5. The summed E-state index contributed by atoms with van der Waals surface area (Å²) >= 11 is 7.41. The predicted molar refractivity (Wildman–Crippen MR) is 56.5 cm³/mol. The Hall–Kier alpha value is -1.06. The summed E-state index contributed by atoms with van der Waals surface area (Å²) in [4.78, 5) is 10.3. The molecule has 0 fully saturated rings. The first-order valence-corrected chi connectivity index (χ1v) is 4.89. The first-order valence-electron chi connectivity index (χ1n) is 3.70. The van der Waals surface area contributed by atoms with E-state index in [0.29, 0.717) is 16.4 Å². The molecule has 2 nitrogen and oxygen atoms in total. The highest BCUT2D eigenvalue weighted by Crippen LogP contribution is 2.38. The fourth-order valence-electron chi connectivity index (χ4n) is 1.21. The van der Waals surface area contributed by atoms with E-state index in [1.165, 1.54) is 11.3 Å². The van der Waals surface area contributed by atoms with Crippen molar-refractivity contribution in [3.63, 3.8) is 0 Å². The average Bonchev–Trinajstić information content (AvgIpc) is 2.44. The molecule has 0 saturated heterocycles. The van der Waals surface area contributed by atoms with Gasteiger partial charge in [-0.05, 0) is 6.07 Å². The zero-order valence-electron chi connectivity index (χ0n) is 6.58. The lowest BCUT2D eigenvalue weighted by Crippen LogP contribution is -1.92. The predicted octanol–water partition coefficient (Wildman–Crippen LogP) is 3.12. The van der Waals surface area contributed by atoms with Crippen molar-refractivity contribution in [2.75, 3.05) is 5.32 Å². The fourth-order valence-corrected chi connectivity index (χ4v) is 2.51. The summed E-state index contributed by atoms with van der Waals surface area (Å²) in [7, 11) is 0. The second-order valence-corrected chi connectivity index (χ2v) is 4.16. The van der Waals surface area contributed by atoms with E-state index in [9.17, 15) is 4.79 Å². The minimum atomic E-state index is 0.619. The number of rotatable bonds is 2. The van der Waals surface area contributed by atoms with E-state index in [4.69, 9.17) is 11.6 Å². The molecule has 2 rings (SSSR count). The van der Waals surface area contributed by atoms with Gasteiger partial charge in [-0.25, -0.2) is 0 Å². The van der Waals surface area contributed by atoms with Gasteiger partial charge in [-0.1, -0.05) is 29.8 Å². The molecule has 0 saturated carbocycles. The number of amides is 1. The third kappa shape index (κ3) is 1.41. The lowest BCUT2D eigenvalue weighted by atomic mass is 10.2. The highest BCUT2D eigenvalue weighted by Gasteiger charge is 2.08. The number of carbonyl (C=O) groups excluding carboxylic acids is 1. The molecule has 0 bridgehead atoms. The molecule has 1 aromatic heterocycles. The summed E-state index contributed by atoms with van der Waals surface area (Å²) < 4.78 is 1.70. The Labute approximate surface area is 84.1 Å². The molecule has 1 heterocycles. The molecular weight excluding hydrogens is 206 g/mol. The van der Waals surface area contributed by atoms with Crippen molar-refractivity contribution >= 4 is 45.1 Å². The van der Waals surface area contributed by atoms with Crippen molar-refractivity contribution in [1.29, 1.82) is 0 Å². The summed E-state index contributed by atoms with van der Waals surface area (Å²) in [5.74, 6) is 0. The highest BCUT2D eigenvalue weighted by molar-refractivity contribution is 7.23. The van der Waals surface area contributed by atoms with E-state index in [0.717, 1.165) is 10.1 Å². The Morgan fingerprint density at radius 3 is 2.92 bits per heavy atom. The normalized spacial score (nSPS) is 10.2. The van der Waals surface area contributed by atoms with Crippen LogP contribution < -0.4 is 5.32 Å². The number of hydrogen-bond donors (Lipinski definition) is 1. The van der Waals surface area contributed by atoms with Gasteiger partial charge in [0.2, 0.25) is 6.41 Å². The molecule has 1 amide bonds. The number of fused-ring (bicyclic) bond motifs is 1. The largest absolute Gasteiger partial charge is 0.326 e. The molecule has 1 N–H and O–H groups in total. The molecule has 2 aromatic rings. The Kier molecular flexibility index (Phi) is 2.20. The van der Waals surface area contributed by atoms with Crippen LogP contribution >= 0.6 is 22.9 Å². The molecule has 0 aliphatic heterocycles. The Balaban J connectivity index is 2.70. The van der Waals surface area contributed by atoms with Crippen LogP contribution in [-0.4, -0.2) is 6.41 Å². The van der Waals surface area contributed by atoms with Crippen LogP contribution in [0.25, 0.3) is 10.1 Å². The van der Waals surface area contributed by atoms with E-state index in [2.05, 4.69) is 5.32 Å². The zero-order chi connectivity index (χ0) is 9.26. The third-order valence-electron chi connectivity index (χ3n) is 1.76. The van der Waals surface area contributed by atoms with E-state index in [1.807, 2.05) is 24.3 Å². The second kappa shape index (κ2) is 3.36. The maximum atomic E-state index is 10.3. The number of benzene rings is 1. The SMILES string of the molecule is O=CNc1c(Cl)sc2ccccc12. The summed E-state index contributed by atoms with van der Waals surface area (Å²) in [5, 5.41) is 3.59. The van der Waals surface area contributed by atoms with Crippen molar-refractivity contribution in [2.24, 2.45) is 0 Å². The van der Waals surface area contributed by atoms with E-state index in [1.54, 1.807) is 0 Å². The van der Waals surface area contributed by atoms with Gasteiger partial charge in [0.25, 0.3) is 0 Å². The van der Waals surface area contributed by atoms with Crippen molar-refractivity contribution < 1.29 is 4.79 Å². The molecule has 4 heteroatoms. The molecular formula is C9H6ClNOS. The number of anilines is 1. The molecule has 1 aromatic carbocycles. The van der Waals surface area contributed by atoms with Crippen molar-refractivity contribution in [2.45, 2.75) is 0 Å². The van der Waals surface area contributed by atoms with Gasteiger partial charge >= 0.3 is 0 Å². The molecule has 0 spiro atoms. The number of carbonyl (C=O) groups is 1. The van der Waals surface area contributed by atoms with Crippen LogP contribution in [0.5, 0.6) is 0 Å². The fraction of sp³-hybridized carbons (Fsp3) is 0. The van der Waals surface area contributed by atoms with Crippen LogP contribution in [-0.2, 0) is 4.79 Å². The average molecular weight is 212 g/mol. The van der Waals surface area contributed by atoms with E-state index >= 15 is 0 Å². The lowest BCUT2D eigenvalue weighted by Gasteiger charge is -1.95. The maximum Gasteiger partial charge on any atom is 0.211 e. The van der Waals surface area contributed by atoms with Crippen LogP contribution in [0.15, 0.2) is 24.3 Å². The Morgan fingerprint density at radius 1 is 1.38 bits per heavy atom. The van der Waals surface area contributed by atoms with Crippen molar-refractivity contribution in [3.05, 3.63) is 28.6 Å². The van der Waals surface area contributed by atoms with Crippen LogP contribution in [0.3, 0.4) is 0 Å². The summed E-state index contributed by atoms with van der Waals surface area (Å²) in [6, 6.07) is 7.77. The number of thiophene rings is 1. The molecule has 0 aliphatic rings. The lowest BCUT2D eigenvalue weighted by molar-refractivity contribution is -0.105. The van der Waals surface area contributed by atoms with Crippen LogP contribution in [0.2, 0.25) is 4.34 Å². The zero-order valence-corrected chi connectivity index (χ0v) is 8.15. The first kappa shape index (κ1) is 8.53. The summed E-state index contributed by atoms with van der Waals surface area (Å²) in [5.41, 5.74) is 0.706. The van der Waals surface area contributed by atoms with Gasteiger partial charge in [0.05, 0.1) is 5.69 Å². The third-order valence-corrected chi connectivity index (χ3v) is 3.14. The second-order valence-electron chi connectivity index (χ2n) is 2.51. The monoisotopic (exact) mass is 211 g/mol. The summed E-state index contributed by atoms with van der Waals surface area (Å²) in [6.07, 6.45) is 0.639. The van der Waals surface area contributed by atoms with E-state index < -0.39 is 0 Å². The van der Waals surface area contributed by atoms with Crippen molar-refractivity contribution in [1.82, 2.24) is 0 Å². The minimum absolute atomic E-state index is 0.619. The molecule has 0 aliphatic carbocycles. The number of hydrogen-bond acceptors (Lipinski definition) is 2. The van der Waals surface area contributed by atoms with Gasteiger partial charge in [0, 0.05) is 10.1 Å². The smallest absolute Gasteiger partial charge is 0.211 e. The van der Waals surface area contributed by atoms with Gasteiger partial charge in [-0.3, -0.25) is 4.79 Å². The van der Waals surface area contributed by atoms with Crippen LogP contribution in [0, 0.1) is 0 Å². The van der Waals surface area contributed by atoms with Crippen LogP contribution in [0.1, 0.15) is 0 Å². The van der Waals surface area contributed by atoms with Crippen molar-refractivity contribution in [3.8, 4) is 0 Å². The molecule has 0 radical (unpaired) electrons. The van der Waals surface area contributed by atoms with Gasteiger partial charge in [-0.15, -0.1) is 11.3 Å². The summed E-state index contributed by atoms with van der Waals surface area (Å²) in [6.45, 7) is 0. The standard InChI is InChI=1S/C9H6ClNOS/c10-9-8(11-5-12)6-3-1-2-4-7(6)13-9/h1-5H,(H,11,12). The van der Waals surface area contributed by atoms with Gasteiger partial charge in [0.15, 0.2) is 0 Å². The molecule has 66 valence electrons. The first-order chi connectivity index (χ1) is 6.33. The molecule has 0 unspecified atom stereocenters. The number of nitrogens with one attached hydrogen (secondary N) is 1. The Bertz CT molecular complexity index is 452. The topological polar surface area (TPSA) is 29.1 Å². The van der Waals surface area contributed by atoms with Gasteiger partial charge < -0.3 is 5.32 Å². The minimum Gasteiger partial charge on any atom is -0.326 e. The van der Waals surface area contributed by atoms with E-state index in [-0.39, 0.29) is 0 Å². The number of halogens is 1. The Morgan fingerprint density at radius 2 is 2.15 bits per heavy atom. The quantitative estimate of drug-likeness (QED) is 0.760. The maximum absolute atomic E-state index is 10.3. The van der Waals surface area contributed by atoms with Gasteiger partial charge in [-0.2, -0.15) is 0 Å². The van der Waals surface area contributed by atoms with Gasteiger partial charge in [0.1, 0.15) is 4.34 Å².